The van der Waals surface area contributed by atoms with E-state index in [1.807, 2.05) is 26.2 Å². The molecule has 1 heterocycles. The van der Waals surface area contributed by atoms with Crippen LogP contribution in [0.4, 0.5) is 4.39 Å². The van der Waals surface area contributed by atoms with Crippen molar-refractivity contribution in [3.05, 3.63) is 46.9 Å². The molecule has 0 saturated carbocycles. The van der Waals surface area contributed by atoms with E-state index in [0.717, 1.165) is 36.5 Å². The van der Waals surface area contributed by atoms with Gasteiger partial charge < -0.3 is 9.32 Å². The lowest BCUT2D eigenvalue weighted by Crippen LogP contribution is -2.13. The molecule has 2 rings (SSSR count). The van der Waals surface area contributed by atoms with Gasteiger partial charge in [0.15, 0.2) is 0 Å². The molecule has 4 heteroatoms. The van der Waals surface area contributed by atoms with Crippen molar-refractivity contribution in [2.75, 3.05) is 20.6 Å². The second-order valence-electron chi connectivity index (χ2n) is 4.80. The Morgan fingerprint density at radius 1 is 1.21 bits per heavy atom. The van der Waals surface area contributed by atoms with Crippen molar-refractivity contribution in [1.29, 1.82) is 0 Å². The van der Waals surface area contributed by atoms with E-state index in [0.29, 0.717) is 0 Å². The molecule has 1 aromatic heterocycles. The Morgan fingerprint density at radius 3 is 2.68 bits per heavy atom. The van der Waals surface area contributed by atoms with Crippen molar-refractivity contribution in [3.63, 3.8) is 0 Å². The van der Waals surface area contributed by atoms with Crippen molar-refractivity contribution < 1.29 is 8.81 Å². The summed E-state index contributed by atoms with van der Waals surface area (Å²) < 4.78 is 18.8. The first-order valence-corrected chi connectivity index (χ1v) is 6.63. The number of rotatable bonds is 5. The average molecular weight is 282 g/mol. The van der Waals surface area contributed by atoms with Crippen LogP contribution >= 0.6 is 11.6 Å². The number of furan rings is 1. The third kappa shape index (κ3) is 3.82. The minimum Gasteiger partial charge on any atom is -0.461 e. The maximum absolute atomic E-state index is 13.1. The molecule has 102 valence electrons. The Labute approximate surface area is 117 Å². The fraction of sp³-hybridized carbons (Fsp3) is 0.333. The SMILES string of the molecule is CN(C)CCCc1ccc(-c2ccc(F)c(Cl)c2)o1. The molecule has 0 spiro atoms. The zero-order valence-corrected chi connectivity index (χ0v) is 11.9. The van der Waals surface area contributed by atoms with E-state index in [-0.39, 0.29) is 5.02 Å². The lowest BCUT2D eigenvalue weighted by atomic mass is 10.2. The quantitative estimate of drug-likeness (QED) is 0.815. The normalized spacial score (nSPS) is 11.2. The molecule has 2 aromatic rings. The average Bonchev–Trinajstić information content (AvgIpc) is 2.81. The molecule has 0 amide bonds. The number of nitrogens with zero attached hydrogens (tertiary/aromatic N) is 1. The van der Waals surface area contributed by atoms with E-state index in [2.05, 4.69) is 4.90 Å². The smallest absolute Gasteiger partial charge is 0.141 e. The van der Waals surface area contributed by atoms with Gasteiger partial charge in [0.1, 0.15) is 17.3 Å². The molecule has 0 unspecified atom stereocenters. The van der Waals surface area contributed by atoms with Crippen LogP contribution in [0.2, 0.25) is 5.02 Å². The molecule has 0 aliphatic heterocycles. The number of hydrogen-bond donors (Lipinski definition) is 0. The minimum atomic E-state index is -0.414. The number of aryl methyl sites for hydroxylation is 1. The molecule has 0 N–H and O–H groups in total. The minimum absolute atomic E-state index is 0.114. The van der Waals surface area contributed by atoms with Crippen molar-refractivity contribution in [3.8, 4) is 11.3 Å². The highest BCUT2D eigenvalue weighted by Gasteiger charge is 2.07. The summed E-state index contributed by atoms with van der Waals surface area (Å²) in [6.07, 6.45) is 1.94. The third-order valence-corrected chi connectivity index (χ3v) is 3.18. The lowest BCUT2D eigenvalue weighted by Gasteiger charge is -2.07. The van der Waals surface area contributed by atoms with Crippen LogP contribution in [0.1, 0.15) is 12.2 Å². The monoisotopic (exact) mass is 281 g/mol. The van der Waals surface area contributed by atoms with Crippen molar-refractivity contribution in [2.24, 2.45) is 0 Å². The first-order valence-electron chi connectivity index (χ1n) is 6.25. The van der Waals surface area contributed by atoms with Crippen LogP contribution in [0.5, 0.6) is 0 Å². The van der Waals surface area contributed by atoms with E-state index >= 15 is 0 Å². The van der Waals surface area contributed by atoms with Gasteiger partial charge in [0.05, 0.1) is 5.02 Å². The van der Waals surface area contributed by atoms with Gasteiger partial charge in [0.2, 0.25) is 0 Å². The van der Waals surface area contributed by atoms with Gasteiger partial charge in [-0.05, 0) is 57.4 Å². The molecular formula is C15H17ClFNO. The largest absolute Gasteiger partial charge is 0.461 e. The van der Waals surface area contributed by atoms with Gasteiger partial charge in [-0.3, -0.25) is 0 Å². The van der Waals surface area contributed by atoms with Crippen molar-refractivity contribution in [2.45, 2.75) is 12.8 Å². The van der Waals surface area contributed by atoms with Crippen LogP contribution < -0.4 is 0 Å². The fourth-order valence-electron chi connectivity index (χ4n) is 1.89. The van der Waals surface area contributed by atoms with E-state index in [9.17, 15) is 4.39 Å². The molecule has 0 aliphatic rings. The highest BCUT2D eigenvalue weighted by molar-refractivity contribution is 6.31. The Kier molecular flexibility index (Phi) is 4.61. The summed E-state index contributed by atoms with van der Waals surface area (Å²) >= 11 is 5.77. The standard InChI is InChI=1S/C15H17ClFNO/c1-18(2)9-3-4-12-6-8-15(19-12)11-5-7-14(17)13(16)10-11/h5-8,10H,3-4,9H2,1-2H3. The molecule has 0 atom stereocenters. The Bertz CT molecular complexity index is 551. The van der Waals surface area contributed by atoms with E-state index < -0.39 is 5.82 Å². The van der Waals surface area contributed by atoms with E-state index in [1.54, 1.807) is 12.1 Å². The predicted molar refractivity (Wildman–Crippen MR) is 76.0 cm³/mol. The fourth-order valence-corrected chi connectivity index (χ4v) is 2.07. The first kappa shape index (κ1) is 14.1. The summed E-state index contributed by atoms with van der Waals surface area (Å²) in [4.78, 5) is 2.14. The topological polar surface area (TPSA) is 16.4 Å². The van der Waals surface area contributed by atoms with E-state index in [1.165, 1.54) is 6.07 Å². The summed E-state index contributed by atoms with van der Waals surface area (Å²) in [6.45, 7) is 1.03. The Morgan fingerprint density at radius 2 is 2.00 bits per heavy atom. The highest BCUT2D eigenvalue weighted by Crippen LogP contribution is 2.26. The molecule has 19 heavy (non-hydrogen) atoms. The molecule has 0 aliphatic carbocycles. The molecule has 0 fully saturated rings. The number of halogens is 2. The second-order valence-corrected chi connectivity index (χ2v) is 5.21. The summed E-state index contributed by atoms with van der Waals surface area (Å²) in [5, 5.41) is 0.114. The van der Waals surface area contributed by atoms with Crippen LogP contribution in [0, 0.1) is 5.82 Å². The summed E-state index contributed by atoms with van der Waals surface area (Å²) in [6, 6.07) is 8.46. The lowest BCUT2D eigenvalue weighted by molar-refractivity contribution is 0.390. The molecule has 2 nitrogen and oxygen atoms in total. The van der Waals surface area contributed by atoms with Crippen molar-refractivity contribution in [1.82, 2.24) is 4.90 Å². The predicted octanol–water partition coefficient (Wildman–Crippen LogP) is 4.23. The van der Waals surface area contributed by atoms with Crippen LogP contribution in [0.3, 0.4) is 0 Å². The molecule has 0 saturated heterocycles. The number of hydrogen-bond acceptors (Lipinski definition) is 2. The van der Waals surface area contributed by atoms with Gasteiger partial charge in [-0.15, -0.1) is 0 Å². The van der Waals surface area contributed by atoms with Crippen molar-refractivity contribution >= 4 is 11.6 Å². The van der Waals surface area contributed by atoms with Gasteiger partial charge in [-0.25, -0.2) is 4.39 Å². The second kappa shape index (κ2) is 6.22. The molecule has 1 aromatic carbocycles. The molecule has 0 radical (unpaired) electrons. The van der Waals surface area contributed by atoms with E-state index in [4.69, 9.17) is 16.0 Å². The van der Waals surface area contributed by atoms with Crippen LogP contribution in [-0.4, -0.2) is 25.5 Å². The summed E-state index contributed by atoms with van der Waals surface area (Å²) in [5.41, 5.74) is 0.797. The Balaban J connectivity index is 2.05. The van der Waals surface area contributed by atoms with Gasteiger partial charge in [0.25, 0.3) is 0 Å². The van der Waals surface area contributed by atoms with Crippen LogP contribution in [0.15, 0.2) is 34.7 Å². The van der Waals surface area contributed by atoms with Gasteiger partial charge in [0, 0.05) is 12.0 Å². The molecule has 0 bridgehead atoms. The number of benzene rings is 1. The van der Waals surface area contributed by atoms with Gasteiger partial charge in [-0.1, -0.05) is 11.6 Å². The zero-order valence-electron chi connectivity index (χ0n) is 11.1. The van der Waals surface area contributed by atoms with Crippen LogP contribution in [-0.2, 0) is 6.42 Å². The Hall–Kier alpha value is -1.32. The first-order chi connectivity index (χ1) is 9.06. The maximum Gasteiger partial charge on any atom is 0.141 e. The highest BCUT2D eigenvalue weighted by atomic mass is 35.5. The van der Waals surface area contributed by atoms with Gasteiger partial charge >= 0.3 is 0 Å². The van der Waals surface area contributed by atoms with Gasteiger partial charge in [-0.2, -0.15) is 0 Å². The summed E-state index contributed by atoms with van der Waals surface area (Å²) in [7, 11) is 4.10. The summed E-state index contributed by atoms with van der Waals surface area (Å²) in [5.74, 6) is 1.25. The third-order valence-electron chi connectivity index (χ3n) is 2.89. The molecular weight excluding hydrogens is 265 g/mol. The zero-order chi connectivity index (χ0) is 13.8. The van der Waals surface area contributed by atoms with Crippen LogP contribution in [0.25, 0.3) is 11.3 Å². The maximum atomic E-state index is 13.1.